The van der Waals surface area contributed by atoms with Gasteiger partial charge in [0, 0.05) is 17.8 Å². The number of carbonyl (C=O) groups excluding carboxylic acids is 1. The number of hydrogen-bond donors (Lipinski definition) is 4. The van der Waals surface area contributed by atoms with E-state index in [2.05, 4.69) is 25.0 Å². The Bertz CT molecular complexity index is 1890. The van der Waals surface area contributed by atoms with E-state index >= 15 is 4.79 Å². The second-order valence-electron chi connectivity index (χ2n) is 11.9. The van der Waals surface area contributed by atoms with Crippen LogP contribution in [0.5, 0.6) is 0 Å². The molecule has 2 fully saturated rings. The van der Waals surface area contributed by atoms with Crippen molar-refractivity contribution in [2.75, 3.05) is 16.5 Å². The molecule has 5 heterocycles. The summed E-state index contributed by atoms with van der Waals surface area (Å²) in [5.74, 6) is 0.0816. The molecule has 6 N–H and O–H groups in total. The Hall–Kier alpha value is -4.53. The van der Waals surface area contributed by atoms with Crippen molar-refractivity contribution in [2.24, 2.45) is 17.8 Å². The first-order chi connectivity index (χ1) is 21.4. The molecule has 0 radical (unpaired) electrons. The third kappa shape index (κ3) is 4.75. The average molecular weight is 618 g/mol. The van der Waals surface area contributed by atoms with Gasteiger partial charge in [-0.25, -0.2) is 14.6 Å². The van der Waals surface area contributed by atoms with Gasteiger partial charge in [0.05, 0.1) is 6.33 Å². The molecule has 14 nitrogen and oxygen atoms in total. The molecular weight excluding hydrogens is 582 g/mol. The van der Waals surface area contributed by atoms with Gasteiger partial charge in [-0.2, -0.15) is 10.1 Å². The minimum absolute atomic E-state index is 0.0430. The zero-order chi connectivity index (χ0) is 30.4. The smallest absolute Gasteiger partial charge is 0.274 e. The summed E-state index contributed by atoms with van der Waals surface area (Å²) in [6.07, 6.45) is 15.0. The quantitative estimate of drug-likeness (QED) is 0.211. The van der Waals surface area contributed by atoms with Crippen molar-refractivity contribution in [1.29, 1.82) is 0 Å². The first kappa shape index (κ1) is 28.3. The van der Waals surface area contributed by atoms with E-state index in [9.17, 15) is 9.59 Å². The van der Waals surface area contributed by atoms with Crippen LogP contribution in [0, 0.1) is 17.8 Å². The number of rotatable bonds is 7. The zero-order valence-corrected chi connectivity index (χ0v) is 25.0. The van der Waals surface area contributed by atoms with Gasteiger partial charge in [0.1, 0.15) is 28.1 Å². The highest BCUT2D eigenvalue weighted by atomic mass is 32.1. The fourth-order valence-electron chi connectivity index (χ4n) is 7.47. The Balaban J connectivity index is 1.47. The summed E-state index contributed by atoms with van der Waals surface area (Å²) in [7, 11) is 0. The van der Waals surface area contributed by atoms with Crippen molar-refractivity contribution in [3.63, 3.8) is 0 Å². The molecule has 1 atom stereocenters. The van der Waals surface area contributed by atoms with Crippen LogP contribution in [0.1, 0.15) is 70.3 Å². The van der Waals surface area contributed by atoms with Gasteiger partial charge in [0.15, 0.2) is 11.5 Å². The number of nitrogens with zero attached hydrogens (tertiary/aromatic N) is 7. The first-order valence-electron chi connectivity index (χ1n) is 15.2. The molecule has 230 valence electrons. The maximum atomic E-state index is 15.4. The van der Waals surface area contributed by atoms with Crippen molar-refractivity contribution in [1.82, 2.24) is 39.6 Å². The Morgan fingerprint density at radius 1 is 0.909 bits per heavy atom. The normalized spacial score (nSPS) is 17.5. The summed E-state index contributed by atoms with van der Waals surface area (Å²) in [6, 6.07) is 0.797. The van der Waals surface area contributed by atoms with Gasteiger partial charge in [-0.1, -0.05) is 64.2 Å². The highest BCUT2D eigenvalue weighted by molar-refractivity contribution is 7.13. The summed E-state index contributed by atoms with van der Waals surface area (Å²) in [6.45, 7) is 0. The van der Waals surface area contributed by atoms with Crippen LogP contribution in [0.15, 0.2) is 39.8 Å². The van der Waals surface area contributed by atoms with Crippen LogP contribution < -0.4 is 27.6 Å². The Kier molecular flexibility index (Phi) is 7.40. The fourth-order valence-corrected chi connectivity index (χ4v) is 8.11. The largest absolute Gasteiger partial charge is 0.383 e. The molecule has 5 aromatic rings. The number of thiazole rings is 1. The van der Waals surface area contributed by atoms with E-state index < -0.39 is 17.5 Å². The average Bonchev–Trinajstić information content (AvgIpc) is 3.77. The summed E-state index contributed by atoms with van der Waals surface area (Å²) in [4.78, 5) is 56.1. The van der Waals surface area contributed by atoms with Crippen LogP contribution in [0.3, 0.4) is 0 Å². The zero-order valence-electron chi connectivity index (χ0n) is 24.2. The Morgan fingerprint density at radius 3 is 2.20 bits per heavy atom. The van der Waals surface area contributed by atoms with Gasteiger partial charge < -0.3 is 21.4 Å². The van der Waals surface area contributed by atoms with Crippen molar-refractivity contribution >= 4 is 55.9 Å². The molecular formula is C29H35N11O3S. The standard InChI is InChI=1S/C29H35N11O3S/c30-23-20-18(11-12-32-26(20)41)36-38(23)22(19(16-7-3-1-4-8-16)17-9-5-2-6-10-17)28(43)39(29-33-13-14-44-29)40-24(31)21-25(37-40)34-15-35-27(21)42/h11-17,19,22H,1-10,30-31H2,(H,32,41)(H,34,35,37,42). The molecule has 2 aliphatic carbocycles. The van der Waals surface area contributed by atoms with Crippen molar-refractivity contribution in [3.8, 4) is 0 Å². The van der Waals surface area contributed by atoms with Crippen molar-refractivity contribution < 1.29 is 4.79 Å². The van der Waals surface area contributed by atoms with Gasteiger partial charge >= 0.3 is 0 Å². The molecule has 7 rings (SSSR count). The number of amides is 1. The predicted octanol–water partition coefficient (Wildman–Crippen LogP) is 3.59. The number of carbonyl (C=O) groups is 1. The topological polar surface area (TPSA) is 199 Å². The number of pyridine rings is 1. The van der Waals surface area contributed by atoms with Gasteiger partial charge in [-0.3, -0.25) is 14.4 Å². The molecule has 0 saturated heterocycles. The molecule has 0 bridgehead atoms. The molecule has 0 aromatic carbocycles. The predicted molar refractivity (Wildman–Crippen MR) is 168 cm³/mol. The maximum Gasteiger partial charge on any atom is 0.274 e. The number of fused-ring (bicyclic) bond motifs is 2. The molecule has 2 aliphatic rings. The van der Waals surface area contributed by atoms with E-state index in [-0.39, 0.29) is 51.4 Å². The third-order valence-corrected chi connectivity index (χ3v) is 10.2. The number of nitrogen functional groups attached to an aromatic ring is 2. The SMILES string of the molecule is Nc1c2c(=O)[nH]ccc2nn1C(C(=O)N(c1nccs1)n1nc2nc[nH]c(=O)c2c1N)C(C1CCCCC1)C1CCCCC1. The van der Waals surface area contributed by atoms with Gasteiger partial charge in [0.25, 0.3) is 17.0 Å². The van der Waals surface area contributed by atoms with Crippen molar-refractivity contribution in [2.45, 2.75) is 70.3 Å². The number of anilines is 3. The molecule has 44 heavy (non-hydrogen) atoms. The first-order valence-corrected chi connectivity index (χ1v) is 16.1. The number of aromatic amines is 2. The highest BCUT2D eigenvalue weighted by Gasteiger charge is 2.46. The summed E-state index contributed by atoms with van der Waals surface area (Å²) in [5, 5.41) is 13.0. The molecule has 0 spiro atoms. The number of hydrogen-bond acceptors (Lipinski definition) is 10. The number of nitrogens with two attached hydrogens (primary N) is 2. The summed E-state index contributed by atoms with van der Waals surface area (Å²) in [5.41, 5.74) is 12.9. The fraction of sp³-hybridized carbons (Fsp3) is 0.483. The number of nitrogens with one attached hydrogen (secondary N) is 2. The van der Waals surface area contributed by atoms with Gasteiger partial charge in [-0.05, 0) is 23.8 Å². The van der Waals surface area contributed by atoms with Crippen LogP contribution in [-0.4, -0.2) is 45.5 Å². The lowest BCUT2D eigenvalue weighted by Crippen LogP contribution is -2.48. The molecule has 1 unspecified atom stereocenters. The lowest BCUT2D eigenvalue weighted by molar-refractivity contribution is -0.126. The van der Waals surface area contributed by atoms with Crippen molar-refractivity contribution in [3.05, 3.63) is 50.9 Å². The Morgan fingerprint density at radius 2 is 1.59 bits per heavy atom. The van der Waals surface area contributed by atoms with E-state index in [1.807, 2.05) is 0 Å². The van der Waals surface area contributed by atoms with Crippen LogP contribution in [-0.2, 0) is 4.79 Å². The van der Waals surface area contributed by atoms with E-state index in [1.165, 1.54) is 46.5 Å². The molecule has 0 aliphatic heterocycles. The van der Waals surface area contributed by atoms with E-state index in [0.29, 0.717) is 10.6 Å². The molecule has 15 heteroatoms. The Labute approximate surface area is 255 Å². The maximum absolute atomic E-state index is 15.4. The van der Waals surface area contributed by atoms with E-state index in [0.717, 1.165) is 51.4 Å². The lowest BCUT2D eigenvalue weighted by Gasteiger charge is -2.42. The summed E-state index contributed by atoms with van der Waals surface area (Å²) >= 11 is 1.24. The van der Waals surface area contributed by atoms with E-state index in [1.54, 1.807) is 22.3 Å². The number of H-pyrrole nitrogens is 2. The summed E-state index contributed by atoms with van der Waals surface area (Å²) < 4.78 is 1.56. The van der Waals surface area contributed by atoms with Crippen LogP contribution in [0.25, 0.3) is 21.9 Å². The van der Waals surface area contributed by atoms with Crippen LogP contribution in [0.4, 0.5) is 16.8 Å². The van der Waals surface area contributed by atoms with E-state index in [4.69, 9.17) is 16.6 Å². The molecule has 5 aromatic heterocycles. The van der Waals surface area contributed by atoms with Crippen LogP contribution >= 0.6 is 11.3 Å². The molecule has 2 saturated carbocycles. The van der Waals surface area contributed by atoms with Gasteiger partial charge in [-0.15, -0.1) is 21.2 Å². The van der Waals surface area contributed by atoms with Gasteiger partial charge in [0.2, 0.25) is 5.13 Å². The molecule has 1 amide bonds. The number of aromatic nitrogens is 8. The third-order valence-electron chi connectivity index (χ3n) is 9.42. The van der Waals surface area contributed by atoms with Crippen LogP contribution in [0.2, 0.25) is 0 Å². The second kappa shape index (κ2) is 11.5. The second-order valence-corrected chi connectivity index (χ2v) is 12.8. The lowest BCUT2D eigenvalue weighted by atomic mass is 9.66. The minimum Gasteiger partial charge on any atom is -0.383 e. The highest BCUT2D eigenvalue weighted by Crippen LogP contribution is 2.47. The minimum atomic E-state index is -0.894. The monoisotopic (exact) mass is 617 g/mol.